The summed E-state index contributed by atoms with van der Waals surface area (Å²) in [5, 5.41) is 2.43. The first-order valence-electron chi connectivity index (χ1n) is 17.0. The molecule has 9 rings (SSSR count). The van der Waals surface area contributed by atoms with Crippen LogP contribution in [0.1, 0.15) is 50.7 Å². The summed E-state index contributed by atoms with van der Waals surface area (Å²) in [6.45, 7) is 8.70. The van der Waals surface area contributed by atoms with E-state index < -0.39 is 0 Å². The van der Waals surface area contributed by atoms with Crippen LogP contribution in [0.5, 0.6) is 23.0 Å². The van der Waals surface area contributed by atoms with Crippen LogP contribution in [0.3, 0.4) is 0 Å². The van der Waals surface area contributed by atoms with Gasteiger partial charge in [-0.1, -0.05) is 88.4 Å². The minimum Gasteiger partial charge on any atom is -0.502 e. The first-order chi connectivity index (χ1) is 23.9. The largest absolute Gasteiger partial charge is 2.00 e. The van der Waals surface area contributed by atoms with Gasteiger partial charge < -0.3 is 19.4 Å². The van der Waals surface area contributed by atoms with Crippen molar-refractivity contribution in [2.24, 2.45) is 0 Å². The van der Waals surface area contributed by atoms with Crippen molar-refractivity contribution in [3.05, 3.63) is 139 Å². The number of nitrogens with zero attached hydrogens (tertiary/aromatic N) is 2. The minimum absolute atomic E-state index is 0. The van der Waals surface area contributed by atoms with Crippen LogP contribution in [0, 0.1) is 12.1 Å². The van der Waals surface area contributed by atoms with Gasteiger partial charge in [-0.25, -0.2) is 0 Å². The molecule has 0 aliphatic carbocycles. The Kier molecular flexibility index (Phi) is 8.20. The Morgan fingerprint density at radius 3 is 1.88 bits per heavy atom. The van der Waals surface area contributed by atoms with E-state index in [1.165, 1.54) is 27.5 Å². The third-order valence-electron chi connectivity index (χ3n) is 9.81. The summed E-state index contributed by atoms with van der Waals surface area (Å²) in [7, 11) is 0. The Hall–Kier alpha value is -4.99. The summed E-state index contributed by atoms with van der Waals surface area (Å²) >= 11 is 0. The Bertz CT molecular complexity index is 2390. The maximum absolute atomic E-state index is 6.86. The Morgan fingerprint density at radius 2 is 1.22 bits per heavy atom. The van der Waals surface area contributed by atoms with Gasteiger partial charge in [0, 0.05) is 29.4 Å². The SMILES string of the molecule is CC(C)c1cc(C(C)C)c2c3c1Oc1ccc(-c4ccccn4)[c-]c1B3c1[c-]c(-c3cc(-c4cccc5ccccc45)ccn3)ccc1O2.[Pt+2]. The molecule has 50 heavy (non-hydrogen) atoms. The Balaban J connectivity index is 0.00000361. The second-order valence-corrected chi connectivity index (χ2v) is 13.5. The predicted octanol–water partition coefficient (Wildman–Crippen LogP) is 9.20. The molecule has 0 saturated carbocycles. The van der Waals surface area contributed by atoms with E-state index in [0.717, 1.165) is 67.5 Å². The third-order valence-corrected chi connectivity index (χ3v) is 9.81. The van der Waals surface area contributed by atoms with Gasteiger partial charge in [-0.2, -0.15) is 0 Å². The summed E-state index contributed by atoms with van der Waals surface area (Å²) < 4.78 is 13.7. The van der Waals surface area contributed by atoms with E-state index in [-0.39, 0.29) is 39.6 Å². The summed E-state index contributed by atoms with van der Waals surface area (Å²) in [5.74, 6) is 3.87. The maximum Gasteiger partial charge on any atom is 2.00 e. The number of pyridine rings is 2. The second-order valence-electron chi connectivity index (χ2n) is 13.5. The number of ether oxygens (including phenoxy) is 2. The average molecular weight is 828 g/mol. The normalized spacial score (nSPS) is 12.5. The molecule has 7 aromatic rings. The maximum atomic E-state index is 6.86. The van der Waals surface area contributed by atoms with E-state index >= 15 is 0 Å². The molecule has 6 heteroatoms. The Morgan fingerprint density at radius 1 is 0.600 bits per heavy atom. The molecule has 5 aromatic carbocycles. The van der Waals surface area contributed by atoms with Crippen molar-refractivity contribution in [1.29, 1.82) is 0 Å². The van der Waals surface area contributed by atoms with Gasteiger partial charge in [-0.3, -0.25) is 0 Å². The fourth-order valence-electron chi connectivity index (χ4n) is 7.36. The average Bonchev–Trinajstić information content (AvgIpc) is 3.14. The topological polar surface area (TPSA) is 44.2 Å². The number of hydrogen-bond acceptors (Lipinski definition) is 4. The van der Waals surface area contributed by atoms with Crippen LogP contribution in [-0.4, -0.2) is 16.7 Å². The molecule has 0 amide bonds. The molecule has 0 N–H and O–H groups in total. The van der Waals surface area contributed by atoms with Gasteiger partial charge in [-0.15, -0.1) is 58.5 Å². The number of benzene rings is 5. The van der Waals surface area contributed by atoms with Crippen LogP contribution in [-0.2, 0) is 21.1 Å². The standard InChI is InChI=1S/C44H33BN2O2.Pt/c1-26(2)34-25-35(27(3)4)44-42-43(34)48-40-17-15-30(38-14-7-8-20-46-38)22-36(40)45(42)37-23-31(16-18-41(37)49-44)39-24-29(19-21-47-39)33-13-9-11-28-10-5-6-12-32(28)33;/h5-21,24-27H,1-4H3;/q-2;+2. The molecule has 2 aromatic heterocycles. The molecule has 0 radical (unpaired) electrons. The van der Waals surface area contributed by atoms with E-state index in [1.807, 2.05) is 36.7 Å². The first kappa shape index (κ1) is 32.2. The van der Waals surface area contributed by atoms with Crippen LogP contribution in [0.15, 0.2) is 116 Å². The van der Waals surface area contributed by atoms with Crippen molar-refractivity contribution < 1.29 is 30.5 Å². The van der Waals surface area contributed by atoms with Crippen molar-refractivity contribution in [3.8, 4) is 56.6 Å². The summed E-state index contributed by atoms with van der Waals surface area (Å²) in [6, 6.07) is 43.3. The molecule has 4 nitrogen and oxygen atoms in total. The molecule has 0 atom stereocenters. The first-order valence-corrected chi connectivity index (χ1v) is 17.0. The molecule has 244 valence electrons. The van der Waals surface area contributed by atoms with Gasteiger partial charge in [0.2, 0.25) is 6.71 Å². The fourth-order valence-corrected chi connectivity index (χ4v) is 7.36. The number of aromatic nitrogens is 2. The van der Waals surface area contributed by atoms with Crippen molar-refractivity contribution in [2.45, 2.75) is 39.5 Å². The zero-order chi connectivity index (χ0) is 33.2. The molecule has 0 saturated heterocycles. The van der Waals surface area contributed by atoms with Crippen LogP contribution >= 0.6 is 0 Å². The molecule has 0 bridgehead atoms. The zero-order valence-corrected chi connectivity index (χ0v) is 30.5. The van der Waals surface area contributed by atoms with Gasteiger partial charge in [-0.05, 0) is 74.4 Å². The van der Waals surface area contributed by atoms with E-state index in [0.29, 0.717) is 0 Å². The van der Waals surface area contributed by atoms with Crippen molar-refractivity contribution in [1.82, 2.24) is 9.97 Å². The van der Waals surface area contributed by atoms with E-state index in [1.54, 1.807) is 0 Å². The summed E-state index contributed by atoms with van der Waals surface area (Å²) in [4.78, 5) is 9.49. The molecule has 0 unspecified atom stereocenters. The Labute approximate surface area is 307 Å². The van der Waals surface area contributed by atoms with E-state index in [2.05, 4.69) is 124 Å². The number of fused-ring (bicyclic) bond motifs is 5. The van der Waals surface area contributed by atoms with Gasteiger partial charge in [0.15, 0.2) is 0 Å². The molecule has 0 fully saturated rings. The monoisotopic (exact) mass is 827 g/mol. The van der Waals surface area contributed by atoms with Gasteiger partial charge in [0.25, 0.3) is 0 Å². The van der Waals surface area contributed by atoms with Gasteiger partial charge in [0.05, 0.1) is 0 Å². The van der Waals surface area contributed by atoms with Crippen molar-refractivity contribution >= 4 is 33.9 Å². The second kappa shape index (κ2) is 12.7. The van der Waals surface area contributed by atoms with Crippen LogP contribution in [0.2, 0.25) is 0 Å². The molecular formula is C44H33BN2O2Pt. The van der Waals surface area contributed by atoms with Crippen LogP contribution < -0.4 is 25.9 Å². The minimum atomic E-state index is -0.196. The summed E-state index contributed by atoms with van der Waals surface area (Å²) in [5.41, 5.74) is 11.2. The van der Waals surface area contributed by atoms with Crippen molar-refractivity contribution in [2.75, 3.05) is 0 Å². The smallest absolute Gasteiger partial charge is 0.502 e. The third kappa shape index (κ3) is 5.27. The van der Waals surface area contributed by atoms with Crippen LogP contribution in [0.4, 0.5) is 0 Å². The molecule has 2 aliphatic rings. The molecular weight excluding hydrogens is 794 g/mol. The van der Waals surface area contributed by atoms with Gasteiger partial charge in [0.1, 0.15) is 11.5 Å². The van der Waals surface area contributed by atoms with Crippen LogP contribution in [0.25, 0.3) is 44.4 Å². The van der Waals surface area contributed by atoms with E-state index in [9.17, 15) is 0 Å². The quantitative estimate of drug-likeness (QED) is 0.128. The van der Waals surface area contributed by atoms with Crippen molar-refractivity contribution in [3.63, 3.8) is 0 Å². The molecule has 0 spiro atoms. The predicted molar refractivity (Wildman–Crippen MR) is 199 cm³/mol. The summed E-state index contributed by atoms with van der Waals surface area (Å²) in [6.07, 6.45) is 3.71. The van der Waals surface area contributed by atoms with Gasteiger partial charge >= 0.3 is 21.1 Å². The molecule has 2 aliphatic heterocycles. The molecule has 4 heterocycles. The fraction of sp³-hybridized carbons (Fsp3) is 0.136. The number of rotatable bonds is 5. The number of hydrogen-bond donors (Lipinski definition) is 0. The zero-order valence-electron chi connectivity index (χ0n) is 28.2. The van der Waals surface area contributed by atoms with E-state index in [4.69, 9.17) is 14.5 Å².